The number of sulfonamides is 1. The SMILES string of the molecule is O=C(CCCc1nc2ccccc2s1)NCCS(=O)(=O)N1CCN(c2ccccn2)CC1. The highest BCUT2D eigenvalue weighted by Gasteiger charge is 2.27. The molecular formula is C22H27N5O3S2. The zero-order valence-electron chi connectivity index (χ0n) is 17.8. The van der Waals surface area contributed by atoms with Crippen molar-refractivity contribution in [1.29, 1.82) is 0 Å². The standard InChI is InChI=1S/C22H27N5O3S2/c28-21(9-5-10-22-25-18-6-1-2-7-19(18)31-22)24-12-17-32(29,30)27-15-13-26(14-16-27)20-8-3-4-11-23-20/h1-4,6-8,11H,5,9-10,12-17H2,(H,24,28). The second-order valence-electron chi connectivity index (χ2n) is 7.67. The summed E-state index contributed by atoms with van der Waals surface area (Å²) in [6, 6.07) is 13.7. The van der Waals surface area contributed by atoms with E-state index in [-0.39, 0.29) is 18.2 Å². The van der Waals surface area contributed by atoms with Crippen LogP contribution < -0.4 is 10.2 Å². The van der Waals surface area contributed by atoms with Crippen LogP contribution >= 0.6 is 11.3 Å². The number of carbonyl (C=O) groups excluding carboxylic acids is 1. The fourth-order valence-corrected chi connectivity index (χ4v) is 6.05. The van der Waals surface area contributed by atoms with Gasteiger partial charge in [-0.2, -0.15) is 4.31 Å². The predicted molar refractivity (Wildman–Crippen MR) is 127 cm³/mol. The summed E-state index contributed by atoms with van der Waals surface area (Å²) < 4.78 is 27.9. The first kappa shape index (κ1) is 22.6. The Morgan fingerprint density at radius 3 is 2.59 bits per heavy atom. The minimum Gasteiger partial charge on any atom is -0.355 e. The van der Waals surface area contributed by atoms with Gasteiger partial charge in [0, 0.05) is 45.3 Å². The van der Waals surface area contributed by atoms with Crippen LogP contribution in [-0.4, -0.2) is 67.1 Å². The van der Waals surface area contributed by atoms with Crippen molar-refractivity contribution < 1.29 is 13.2 Å². The van der Waals surface area contributed by atoms with Gasteiger partial charge in [-0.05, 0) is 37.1 Å². The molecule has 0 aliphatic carbocycles. The normalized spacial score (nSPS) is 15.2. The fourth-order valence-electron chi connectivity index (χ4n) is 3.70. The molecule has 1 saturated heterocycles. The van der Waals surface area contributed by atoms with Gasteiger partial charge in [0.1, 0.15) is 5.82 Å². The molecule has 0 atom stereocenters. The summed E-state index contributed by atoms with van der Waals surface area (Å²) in [5, 5.41) is 3.76. The van der Waals surface area contributed by atoms with Crippen LogP contribution in [0.15, 0.2) is 48.7 Å². The van der Waals surface area contributed by atoms with E-state index in [1.54, 1.807) is 17.5 Å². The Kier molecular flexibility index (Phi) is 7.33. The highest BCUT2D eigenvalue weighted by atomic mass is 32.2. The molecule has 0 unspecified atom stereocenters. The number of piperazine rings is 1. The minimum atomic E-state index is -3.40. The molecule has 0 bridgehead atoms. The van der Waals surface area contributed by atoms with Gasteiger partial charge in [0.15, 0.2) is 0 Å². The molecule has 32 heavy (non-hydrogen) atoms. The van der Waals surface area contributed by atoms with Crippen molar-refractivity contribution in [1.82, 2.24) is 19.6 Å². The highest BCUT2D eigenvalue weighted by molar-refractivity contribution is 7.89. The summed E-state index contributed by atoms with van der Waals surface area (Å²) in [6.45, 7) is 2.19. The predicted octanol–water partition coefficient (Wildman–Crippen LogP) is 2.28. The monoisotopic (exact) mass is 473 g/mol. The average Bonchev–Trinajstić information content (AvgIpc) is 3.22. The lowest BCUT2D eigenvalue weighted by Crippen LogP contribution is -2.50. The molecule has 1 aliphatic heterocycles. The minimum absolute atomic E-state index is 0.0831. The average molecular weight is 474 g/mol. The summed E-state index contributed by atoms with van der Waals surface area (Å²) in [5.41, 5.74) is 0.989. The van der Waals surface area contributed by atoms with E-state index >= 15 is 0 Å². The van der Waals surface area contributed by atoms with Gasteiger partial charge < -0.3 is 10.2 Å². The van der Waals surface area contributed by atoms with Gasteiger partial charge >= 0.3 is 0 Å². The second-order valence-corrected chi connectivity index (χ2v) is 10.9. The van der Waals surface area contributed by atoms with E-state index < -0.39 is 10.0 Å². The molecule has 1 amide bonds. The van der Waals surface area contributed by atoms with Crippen LogP contribution in [0, 0.1) is 0 Å². The van der Waals surface area contributed by atoms with E-state index in [9.17, 15) is 13.2 Å². The summed E-state index contributed by atoms with van der Waals surface area (Å²) in [6.07, 6.45) is 3.53. The number of nitrogens with zero attached hydrogens (tertiary/aromatic N) is 4. The van der Waals surface area contributed by atoms with Crippen LogP contribution in [0.5, 0.6) is 0 Å². The number of benzene rings is 1. The highest BCUT2D eigenvalue weighted by Crippen LogP contribution is 2.22. The Bertz CT molecular complexity index is 1110. The number of amides is 1. The number of anilines is 1. The summed E-state index contributed by atoms with van der Waals surface area (Å²) in [5.74, 6) is 0.657. The van der Waals surface area contributed by atoms with Crippen molar-refractivity contribution in [2.75, 3.05) is 43.4 Å². The van der Waals surface area contributed by atoms with E-state index in [4.69, 9.17) is 0 Å². The molecule has 0 radical (unpaired) electrons. The number of hydrogen-bond donors (Lipinski definition) is 1. The van der Waals surface area contributed by atoms with Crippen LogP contribution in [0.25, 0.3) is 10.2 Å². The lowest BCUT2D eigenvalue weighted by atomic mass is 10.2. The maximum absolute atomic E-state index is 12.6. The third-order valence-electron chi connectivity index (χ3n) is 5.42. The molecule has 1 N–H and O–H groups in total. The number of fused-ring (bicyclic) bond motifs is 1. The largest absolute Gasteiger partial charge is 0.355 e. The van der Waals surface area contributed by atoms with Gasteiger partial charge in [-0.15, -0.1) is 11.3 Å². The third-order valence-corrected chi connectivity index (χ3v) is 8.39. The number of thiazole rings is 1. The Hall–Kier alpha value is -2.56. The summed E-state index contributed by atoms with van der Waals surface area (Å²) in [7, 11) is -3.40. The Morgan fingerprint density at radius 1 is 1.06 bits per heavy atom. The van der Waals surface area contributed by atoms with Crippen molar-refractivity contribution >= 4 is 43.3 Å². The number of para-hydroxylation sites is 1. The maximum atomic E-state index is 12.6. The zero-order chi connectivity index (χ0) is 22.4. The fraction of sp³-hybridized carbons (Fsp3) is 0.409. The third kappa shape index (κ3) is 5.81. The Morgan fingerprint density at radius 2 is 1.84 bits per heavy atom. The van der Waals surface area contributed by atoms with Crippen LogP contribution in [-0.2, 0) is 21.2 Å². The maximum Gasteiger partial charge on any atom is 0.220 e. The number of pyridine rings is 1. The number of hydrogen-bond acceptors (Lipinski definition) is 7. The molecule has 4 rings (SSSR count). The van der Waals surface area contributed by atoms with Crippen LogP contribution in [0.2, 0.25) is 0 Å². The van der Waals surface area contributed by atoms with E-state index in [1.807, 2.05) is 42.5 Å². The molecule has 170 valence electrons. The van der Waals surface area contributed by atoms with Crippen molar-refractivity contribution in [2.24, 2.45) is 0 Å². The van der Waals surface area contributed by atoms with E-state index in [2.05, 4.69) is 20.2 Å². The van der Waals surface area contributed by atoms with Crippen LogP contribution in [0.4, 0.5) is 5.82 Å². The van der Waals surface area contributed by atoms with Crippen molar-refractivity contribution in [3.05, 3.63) is 53.7 Å². The number of carbonyl (C=O) groups is 1. The molecular weight excluding hydrogens is 446 g/mol. The lowest BCUT2D eigenvalue weighted by molar-refractivity contribution is -0.121. The number of nitrogens with one attached hydrogen (secondary N) is 1. The molecule has 2 aromatic heterocycles. The van der Waals surface area contributed by atoms with Crippen molar-refractivity contribution in [3.63, 3.8) is 0 Å². The molecule has 1 aromatic carbocycles. The van der Waals surface area contributed by atoms with E-state index in [1.165, 1.54) is 4.31 Å². The zero-order valence-corrected chi connectivity index (χ0v) is 19.4. The molecule has 10 heteroatoms. The summed E-state index contributed by atoms with van der Waals surface area (Å²) >= 11 is 1.65. The first-order valence-corrected chi connectivity index (χ1v) is 13.2. The number of aryl methyl sites for hydroxylation is 1. The molecule has 3 aromatic rings. The van der Waals surface area contributed by atoms with E-state index in [0.29, 0.717) is 39.0 Å². The van der Waals surface area contributed by atoms with Crippen molar-refractivity contribution in [2.45, 2.75) is 19.3 Å². The first-order valence-electron chi connectivity index (χ1n) is 10.8. The van der Waals surface area contributed by atoms with Gasteiger partial charge in [-0.1, -0.05) is 18.2 Å². The molecule has 0 saturated carbocycles. The topological polar surface area (TPSA) is 95.5 Å². The van der Waals surface area contributed by atoms with Gasteiger partial charge in [0.2, 0.25) is 15.9 Å². The quantitative estimate of drug-likeness (QED) is 0.512. The summed E-state index contributed by atoms with van der Waals surface area (Å²) in [4.78, 5) is 23.1. The number of aromatic nitrogens is 2. The van der Waals surface area contributed by atoms with Crippen LogP contribution in [0.3, 0.4) is 0 Å². The molecule has 0 spiro atoms. The van der Waals surface area contributed by atoms with Gasteiger partial charge in [0.25, 0.3) is 0 Å². The lowest BCUT2D eigenvalue weighted by Gasteiger charge is -2.34. The van der Waals surface area contributed by atoms with Crippen molar-refractivity contribution in [3.8, 4) is 0 Å². The molecule has 8 nitrogen and oxygen atoms in total. The Labute approximate surface area is 192 Å². The van der Waals surface area contributed by atoms with E-state index in [0.717, 1.165) is 27.5 Å². The second kappa shape index (κ2) is 10.4. The molecule has 1 aliphatic rings. The van der Waals surface area contributed by atoms with Gasteiger partial charge in [-0.3, -0.25) is 4.79 Å². The van der Waals surface area contributed by atoms with Gasteiger partial charge in [-0.25, -0.2) is 18.4 Å². The molecule has 1 fully saturated rings. The number of rotatable bonds is 9. The Balaban J connectivity index is 1.15. The molecule has 3 heterocycles. The van der Waals surface area contributed by atoms with Crippen LogP contribution in [0.1, 0.15) is 17.8 Å². The smallest absolute Gasteiger partial charge is 0.220 e. The first-order chi connectivity index (χ1) is 15.5. The van der Waals surface area contributed by atoms with Gasteiger partial charge in [0.05, 0.1) is 21.0 Å².